The van der Waals surface area contributed by atoms with Crippen molar-refractivity contribution in [2.24, 2.45) is 17.2 Å². The third kappa shape index (κ3) is 18.4. The van der Waals surface area contributed by atoms with Crippen LogP contribution < -0.4 is 33.2 Å². The minimum atomic E-state index is -1.14. The van der Waals surface area contributed by atoms with Crippen LogP contribution in [0.1, 0.15) is 38.5 Å². The Bertz CT molecular complexity index is 546. The molecule has 0 heterocycles. The number of nitrogens with one attached hydrogen (secondary N) is 3. The molecule has 0 saturated carbocycles. The van der Waals surface area contributed by atoms with Crippen LogP contribution in [0.4, 0.5) is 4.79 Å². The Hall–Kier alpha value is -2.03. The lowest BCUT2D eigenvalue weighted by Gasteiger charge is -2.35. The van der Waals surface area contributed by atoms with Crippen molar-refractivity contribution in [1.29, 1.82) is 0 Å². The van der Waals surface area contributed by atoms with E-state index in [0.717, 1.165) is 0 Å². The van der Waals surface area contributed by atoms with Crippen molar-refractivity contribution in [2.75, 3.05) is 72.4 Å². The molecule has 0 spiro atoms. The van der Waals surface area contributed by atoms with E-state index in [4.69, 9.17) is 36.5 Å². The molecule has 0 unspecified atom stereocenters. The lowest BCUT2D eigenvalue weighted by molar-refractivity contribution is -0.143. The molecule has 0 rings (SSSR count). The molecule has 0 saturated heterocycles. The van der Waals surface area contributed by atoms with Crippen molar-refractivity contribution in [1.82, 2.24) is 16.0 Å². The van der Waals surface area contributed by atoms with Crippen molar-refractivity contribution in [2.45, 2.75) is 44.1 Å². The summed E-state index contributed by atoms with van der Waals surface area (Å²) in [5.74, 6) is -1.54. The maximum atomic E-state index is 12.4. The van der Waals surface area contributed by atoms with Gasteiger partial charge in [-0.25, -0.2) is 9.59 Å². The average Bonchev–Trinajstić information content (AvgIpc) is 2.80. The zero-order valence-electron chi connectivity index (χ0n) is 20.1. The number of rotatable bonds is 23. The van der Waals surface area contributed by atoms with E-state index in [1.54, 1.807) is 0 Å². The van der Waals surface area contributed by atoms with Crippen molar-refractivity contribution in [3.8, 4) is 0 Å². The summed E-state index contributed by atoms with van der Waals surface area (Å²) in [5.41, 5.74) is 16.1. The van der Waals surface area contributed by atoms with Gasteiger partial charge in [0, 0.05) is 25.2 Å². The highest BCUT2D eigenvalue weighted by Gasteiger charge is 2.30. The molecule has 0 aliphatic heterocycles. The smallest absolute Gasteiger partial charge is 0.329 e. The van der Waals surface area contributed by atoms with Crippen molar-refractivity contribution in [3.05, 3.63) is 0 Å². The summed E-state index contributed by atoms with van der Waals surface area (Å²) in [6.45, 7) is 3.06. The fourth-order valence-corrected chi connectivity index (χ4v) is 3.34. The Balaban J connectivity index is 4.43. The van der Waals surface area contributed by atoms with E-state index in [2.05, 4.69) is 16.0 Å². The first-order valence-corrected chi connectivity index (χ1v) is 11.8. The first-order chi connectivity index (χ1) is 16.4. The van der Waals surface area contributed by atoms with Crippen LogP contribution in [0.3, 0.4) is 0 Å². The average molecular weight is 493 g/mol. The molecule has 0 atom stereocenters. The topological polar surface area (TPSA) is 213 Å². The molecule has 0 aromatic carbocycles. The largest absolute Gasteiger partial charge is 0.480 e. The number of carboxylic acid groups (broad SMARTS) is 1. The number of hydrogen-bond acceptors (Lipinski definition) is 9. The van der Waals surface area contributed by atoms with Crippen molar-refractivity contribution >= 4 is 17.9 Å². The molecule has 34 heavy (non-hydrogen) atoms. The van der Waals surface area contributed by atoms with Crippen LogP contribution >= 0.6 is 0 Å². The lowest BCUT2D eigenvalue weighted by Crippen LogP contribution is -2.51. The van der Waals surface area contributed by atoms with Crippen molar-refractivity contribution < 1.29 is 33.7 Å². The predicted molar refractivity (Wildman–Crippen MR) is 127 cm³/mol. The number of carbonyl (C=O) groups is 3. The number of carbonyl (C=O) groups excluding carboxylic acids is 2. The number of urea groups is 1. The van der Waals surface area contributed by atoms with Crippen LogP contribution in [0.5, 0.6) is 0 Å². The maximum Gasteiger partial charge on any atom is 0.329 e. The first-order valence-electron chi connectivity index (χ1n) is 11.8. The van der Waals surface area contributed by atoms with Gasteiger partial charge in [-0.05, 0) is 51.6 Å². The lowest BCUT2D eigenvalue weighted by atomic mass is 9.83. The molecular weight excluding hydrogens is 448 g/mol. The van der Waals surface area contributed by atoms with Gasteiger partial charge in [-0.1, -0.05) is 0 Å². The van der Waals surface area contributed by atoms with E-state index in [1.807, 2.05) is 0 Å². The van der Waals surface area contributed by atoms with Gasteiger partial charge in [-0.3, -0.25) is 4.79 Å². The quantitative estimate of drug-likeness (QED) is 0.0819. The van der Waals surface area contributed by atoms with Crippen LogP contribution in [-0.4, -0.2) is 101 Å². The number of carboxylic acids is 1. The van der Waals surface area contributed by atoms with E-state index in [9.17, 15) is 14.4 Å². The van der Waals surface area contributed by atoms with Gasteiger partial charge in [-0.2, -0.15) is 0 Å². The Morgan fingerprint density at radius 1 is 0.706 bits per heavy atom. The summed E-state index contributed by atoms with van der Waals surface area (Å²) in [4.78, 5) is 34.9. The second kappa shape index (κ2) is 21.5. The zero-order chi connectivity index (χ0) is 25.5. The zero-order valence-corrected chi connectivity index (χ0v) is 20.1. The molecule has 10 N–H and O–H groups in total. The molecule has 0 fully saturated rings. The van der Waals surface area contributed by atoms with Crippen LogP contribution in [0.2, 0.25) is 0 Å². The van der Waals surface area contributed by atoms with E-state index in [1.165, 1.54) is 0 Å². The molecule has 13 nitrogen and oxygen atoms in total. The summed E-state index contributed by atoms with van der Waals surface area (Å²) < 4.78 is 15.4. The summed E-state index contributed by atoms with van der Waals surface area (Å²) in [6, 6.07) is -0.302. The second-order valence-electron chi connectivity index (χ2n) is 7.80. The predicted octanol–water partition coefficient (Wildman–Crippen LogP) is -1.51. The van der Waals surface area contributed by atoms with Gasteiger partial charge >= 0.3 is 12.0 Å². The molecule has 0 aromatic rings. The van der Waals surface area contributed by atoms with Crippen LogP contribution in [0.25, 0.3) is 0 Å². The Morgan fingerprint density at radius 3 is 1.88 bits per heavy atom. The van der Waals surface area contributed by atoms with Crippen molar-refractivity contribution in [3.63, 3.8) is 0 Å². The highest BCUT2D eigenvalue weighted by Crippen LogP contribution is 2.25. The monoisotopic (exact) mass is 492 g/mol. The molecule has 13 heteroatoms. The van der Waals surface area contributed by atoms with Gasteiger partial charge in [0.05, 0.1) is 26.4 Å². The number of nitrogens with two attached hydrogens (primary N) is 3. The number of hydrogen-bond donors (Lipinski definition) is 7. The number of aliphatic carboxylic acids is 1. The SMILES string of the molecule is NCCCC(CCCN)(CCCNC(=O)NCCOCCOCCN)NC(=O)COCC(=O)O. The summed E-state index contributed by atoms with van der Waals surface area (Å²) in [7, 11) is 0. The minimum Gasteiger partial charge on any atom is -0.480 e. The van der Waals surface area contributed by atoms with Gasteiger partial charge in [0.2, 0.25) is 5.91 Å². The first kappa shape index (κ1) is 32.0. The number of amides is 3. The third-order valence-electron chi connectivity index (χ3n) is 4.87. The Kier molecular flexibility index (Phi) is 20.2. The van der Waals surface area contributed by atoms with Crippen LogP contribution in [0.15, 0.2) is 0 Å². The van der Waals surface area contributed by atoms with Crippen LogP contribution in [0, 0.1) is 0 Å². The molecule has 0 aliphatic rings. The molecule has 3 amide bonds. The van der Waals surface area contributed by atoms with Crippen LogP contribution in [-0.2, 0) is 23.8 Å². The third-order valence-corrected chi connectivity index (χ3v) is 4.87. The van der Waals surface area contributed by atoms with Gasteiger partial charge < -0.3 is 52.5 Å². The van der Waals surface area contributed by atoms with E-state index < -0.39 is 24.0 Å². The maximum absolute atomic E-state index is 12.4. The molecule has 200 valence electrons. The second-order valence-corrected chi connectivity index (χ2v) is 7.80. The Morgan fingerprint density at radius 2 is 1.29 bits per heavy atom. The summed E-state index contributed by atoms with van der Waals surface area (Å²) in [5, 5.41) is 17.2. The highest BCUT2D eigenvalue weighted by atomic mass is 16.5. The fraction of sp³-hybridized carbons (Fsp3) is 0.857. The van der Waals surface area contributed by atoms with E-state index in [0.29, 0.717) is 97.7 Å². The molecule has 0 bridgehead atoms. The van der Waals surface area contributed by atoms with E-state index in [-0.39, 0.29) is 12.6 Å². The summed E-state index contributed by atoms with van der Waals surface area (Å²) in [6.07, 6.45) is 3.91. The molecular formula is C21H44N6O7. The Labute approximate surface area is 201 Å². The van der Waals surface area contributed by atoms with E-state index >= 15 is 0 Å². The standard InChI is InChI=1S/C21H44N6O7/c22-7-1-4-21(5-2-8-23,27-18(28)16-34-17-19(29)30)6-3-10-25-20(31)26-11-13-33-15-14-32-12-9-24/h1-17,22-24H2,(H,27,28)(H,29,30)(H2,25,26,31). The molecule has 0 aromatic heterocycles. The normalized spacial score (nSPS) is 11.3. The number of ether oxygens (including phenoxy) is 3. The highest BCUT2D eigenvalue weighted by molar-refractivity contribution is 5.78. The van der Waals surface area contributed by atoms with Gasteiger partial charge in [0.25, 0.3) is 0 Å². The molecule has 0 radical (unpaired) electrons. The van der Waals surface area contributed by atoms with Gasteiger partial charge in [0.15, 0.2) is 0 Å². The summed E-state index contributed by atoms with van der Waals surface area (Å²) >= 11 is 0. The fourth-order valence-electron chi connectivity index (χ4n) is 3.34. The minimum absolute atomic E-state index is 0.302. The molecule has 0 aliphatic carbocycles. The van der Waals surface area contributed by atoms with Gasteiger partial charge in [-0.15, -0.1) is 0 Å². The van der Waals surface area contributed by atoms with Gasteiger partial charge in [0.1, 0.15) is 13.2 Å².